The maximum absolute atomic E-state index is 3.67. The first-order chi connectivity index (χ1) is 7.43. The van der Waals surface area contributed by atoms with Crippen LogP contribution in [0, 0.1) is 5.41 Å². The number of thiophene rings is 1. The zero-order valence-corrected chi connectivity index (χ0v) is 13.4. The predicted molar refractivity (Wildman–Crippen MR) is 80.2 cm³/mol. The average Bonchev–Trinajstić information content (AvgIpc) is 2.48. The molecule has 2 heteroatoms. The second-order valence-corrected chi connectivity index (χ2v) is 8.50. The Kier molecular flexibility index (Phi) is 3.69. The Hall–Kier alpha value is -0.500. The molecule has 0 unspecified atom stereocenters. The van der Waals surface area contributed by atoms with E-state index in [1.165, 1.54) is 9.88 Å². The van der Waals surface area contributed by atoms with Crippen LogP contribution in [0.5, 0.6) is 0 Å². The third-order valence-corrected chi connectivity index (χ3v) is 5.08. The molecule has 0 bridgehead atoms. The lowest BCUT2D eigenvalue weighted by Crippen LogP contribution is -2.43. The minimum Gasteiger partial charge on any atom is -0.372 e. The molecule has 1 N–H and O–H groups in total. The first-order valence-corrected chi connectivity index (χ1v) is 7.14. The summed E-state index contributed by atoms with van der Waals surface area (Å²) in [4.78, 5) is 1.43. The van der Waals surface area contributed by atoms with Gasteiger partial charge in [-0.2, -0.15) is 0 Å². The van der Waals surface area contributed by atoms with Gasteiger partial charge < -0.3 is 5.32 Å². The van der Waals surface area contributed by atoms with Crippen LogP contribution in [0.4, 0.5) is 5.00 Å². The summed E-state index contributed by atoms with van der Waals surface area (Å²) in [6.07, 6.45) is 0. The highest BCUT2D eigenvalue weighted by Crippen LogP contribution is 2.37. The predicted octanol–water partition coefficient (Wildman–Crippen LogP) is 5.28. The van der Waals surface area contributed by atoms with Crippen molar-refractivity contribution in [1.29, 1.82) is 0 Å². The molecule has 1 rings (SSSR count). The summed E-state index contributed by atoms with van der Waals surface area (Å²) in [6, 6.07) is 4.45. The molecule has 1 heterocycles. The largest absolute Gasteiger partial charge is 0.372 e. The van der Waals surface area contributed by atoms with E-state index in [0.29, 0.717) is 0 Å². The molecule has 0 saturated heterocycles. The highest BCUT2D eigenvalue weighted by Gasteiger charge is 2.33. The molecule has 17 heavy (non-hydrogen) atoms. The number of nitrogens with one attached hydrogen (secondary N) is 1. The lowest BCUT2D eigenvalue weighted by Gasteiger charge is -2.40. The third-order valence-electron chi connectivity index (χ3n) is 3.66. The van der Waals surface area contributed by atoms with E-state index in [2.05, 4.69) is 72.8 Å². The summed E-state index contributed by atoms with van der Waals surface area (Å²) in [6.45, 7) is 18.1. The quantitative estimate of drug-likeness (QED) is 0.756. The van der Waals surface area contributed by atoms with Crippen LogP contribution in [0.15, 0.2) is 12.1 Å². The van der Waals surface area contributed by atoms with E-state index in [0.717, 1.165) is 0 Å². The maximum Gasteiger partial charge on any atom is 0.0889 e. The Labute approximate surface area is 111 Å². The van der Waals surface area contributed by atoms with Crippen LogP contribution in [0.3, 0.4) is 0 Å². The Morgan fingerprint density at radius 2 is 1.41 bits per heavy atom. The van der Waals surface area contributed by atoms with Crippen LogP contribution in [0.1, 0.15) is 60.3 Å². The van der Waals surface area contributed by atoms with Crippen molar-refractivity contribution in [2.24, 2.45) is 5.41 Å². The molecule has 1 aromatic heterocycles. The first-order valence-electron chi connectivity index (χ1n) is 6.32. The second-order valence-electron chi connectivity index (χ2n) is 7.41. The smallest absolute Gasteiger partial charge is 0.0889 e. The molecular weight excluding hydrogens is 226 g/mol. The Morgan fingerprint density at radius 1 is 0.882 bits per heavy atom. The van der Waals surface area contributed by atoms with Gasteiger partial charge in [-0.05, 0) is 36.8 Å². The van der Waals surface area contributed by atoms with Crippen LogP contribution in [-0.2, 0) is 5.41 Å². The van der Waals surface area contributed by atoms with Gasteiger partial charge in [0, 0.05) is 10.4 Å². The highest BCUT2D eigenvalue weighted by atomic mass is 32.1. The van der Waals surface area contributed by atoms with Gasteiger partial charge in [0.15, 0.2) is 0 Å². The molecule has 0 aliphatic heterocycles. The molecule has 0 aliphatic rings. The monoisotopic (exact) mass is 253 g/mol. The van der Waals surface area contributed by atoms with Gasteiger partial charge in [-0.15, -0.1) is 11.3 Å². The van der Waals surface area contributed by atoms with Gasteiger partial charge in [0.1, 0.15) is 0 Å². The first kappa shape index (κ1) is 14.6. The Balaban J connectivity index is 2.87. The summed E-state index contributed by atoms with van der Waals surface area (Å²) in [5, 5.41) is 4.94. The normalized spacial score (nSPS) is 13.9. The summed E-state index contributed by atoms with van der Waals surface area (Å²) in [5.41, 5.74) is 0.572. The van der Waals surface area contributed by atoms with E-state index in [-0.39, 0.29) is 16.4 Å². The summed E-state index contributed by atoms with van der Waals surface area (Å²) in [7, 11) is 0. The Morgan fingerprint density at radius 3 is 1.76 bits per heavy atom. The Bertz CT molecular complexity index is 374. The molecule has 0 atom stereocenters. The number of rotatable bonds is 2. The van der Waals surface area contributed by atoms with Crippen molar-refractivity contribution >= 4 is 16.3 Å². The van der Waals surface area contributed by atoms with Gasteiger partial charge >= 0.3 is 0 Å². The SMILES string of the molecule is CC(C)(C)c1ccc(NC(C)(C)C(C)(C)C)s1. The van der Waals surface area contributed by atoms with Crippen LogP contribution in [0.2, 0.25) is 0 Å². The van der Waals surface area contributed by atoms with Crippen molar-refractivity contribution in [2.45, 2.75) is 66.3 Å². The fourth-order valence-electron chi connectivity index (χ4n) is 1.30. The minimum absolute atomic E-state index is 0.0903. The minimum atomic E-state index is 0.0903. The molecule has 0 spiro atoms. The lowest BCUT2D eigenvalue weighted by molar-refractivity contribution is 0.255. The molecule has 0 fully saturated rings. The second kappa shape index (κ2) is 4.31. The molecule has 98 valence electrons. The molecule has 0 amide bonds. The fourth-order valence-corrected chi connectivity index (χ4v) is 2.43. The van der Waals surface area contributed by atoms with E-state index < -0.39 is 0 Å². The molecular formula is C15H27NS. The maximum atomic E-state index is 3.67. The van der Waals surface area contributed by atoms with Crippen LogP contribution < -0.4 is 5.32 Å². The molecule has 0 aromatic carbocycles. The van der Waals surface area contributed by atoms with E-state index in [4.69, 9.17) is 0 Å². The van der Waals surface area contributed by atoms with E-state index in [1.807, 2.05) is 11.3 Å². The number of hydrogen-bond acceptors (Lipinski definition) is 2. The number of anilines is 1. The molecule has 1 aromatic rings. The number of hydrogen-bond donors (Lipinski definition) is 1. The summed E-state index contributed by atoms with van der Waals surface area (Å²) >= 11 is 1.87. The lowest BCUT2D eigenvalue weighted by atomic mass is 9.76. The standard InChI is InChI=1S/C15H27NS/c1-13(2,3)11-9-10-12(17-11)16-15(7,8)14(4,5)6/h9-10,16H,1-8H3. The van der Waals surface area contributed by atoms with Crippen LogP contribution in [0.25, 0.3) is 0 Å². The van der Waals surface area contributed by atoms with Gasteiger partial charge in [-0.25, -0.2) is 0 Å². The third kappa shape index (κ3) is 3.48. The molecule has 0 radical (unpaired) electrons. The van der Waals surface area contributed by atoms with Crippen molar-refractivity contribution in [3.05, 3.63) is 17.0 Å². The molecule has 0 aliphatic carbocycles. The van der Waals surface area contributed by atoms with Gasteiger partial charge in [0.2, 0.25) is 0 Å². The average molecular weight is 253 g/mol. The highest BCUT2D eigenvalue weighted by molar-refractivity contribution is 7.16. The zero-order chi connectivity index (χ0) is 13.5. The van der Waals surface area contributed by atoms with Gasteiger partial charge in [0.05, 0.1) is 5.00 Å². The van der Waals surface area contributed by atoms with Crippen molar-refractivity contribution < 1.29 is 0 Å². The summed E-state index contributed by atoms with van der Waals surface area (Å²) in [5.74, 6) is 0. The fraction of sp³-hybridized carbons (Fsp3) is 0.733. The van der Waals surface area contributed by atoms with Gasteiger partial charge in [-0.3, -0.25) is 0 Å². The van der Waals surface area contributed by atoms with Crippen molar-refractivity contribution in [1.82, 2.24) is 0 Å². The van der Waals surface area contributed by atoms with Crippen LogP contribution >= 0.6 is 11.3 Å². The van der Waals surface area contributed by atoms with Crippen LogP contribution in [-0.4, -0.2) is 5.54 Å². The van der Waals surface area contributed by atoms with E-state index >= 15 is 0 Å². The topological polar surface area (TPSA) is 12.0 Å². The zero-order valence-electron chi connectivity index (χ0n) is 12.6. The molecule has 1 nitrogen and oxygen atoms in total. The van der Waals surface area contributed by atoms with Crippen molar-refractivity contribution in [2.75, 3.05) is 5.32 Å². The summed E-state index contributed by atoms with van der Waals surface area (Å²) < 4.78 is 0. The van der Waals surface area contributed by atoms with E-state index in [1.54, 1.807) is 0 Å². The van der Waals surface area contributed by atoms with Gasteiger partial charge in [0.25, 0.3) is 0 Å². The van der Waals surface area contributed by atoms with E-state index in [9.17, 15) is 0 Å². The van der Waals surface area contributed by atoms with Crippen molar-refractivity contribution in [3.63, 3.8) is 0 Å². The van der Waals surface area contributed by atoms with Gasteiger partial charge in [-0.1, -0.05) is 41.5 Å². The molecule has 0 saturated carbocycles. The van der Waals surface area contributed by atoms with Crippen molar-refractivity contribution in [3.8, 4) is 0 Å².